The van der Waals surface area contributed by atoms with E-state index in [1.807, 2.05) is 0 Å². The molecule has 3 aromatic carbocycles. The molecule has 0 aliphatic heterocycles. The van der Waals surface area contributed by atoms with Gasteiger partial charge in [-0.15, -0.1) is 34.5 Å². The van der Waals surface area contributed by atoms with Crippen LogP contribution in [0.3, 0.4) is 0 Å². The van der Waals surface area contributed by atoms with Crippen LogP contribution in [0.1, 0.15) is 90.2 Å². The Balaban J connectivity index is 0.00000181. The molecule has 1 aliphatic carbocycles. The molecule has 0 atom stereocenters. The fraction of sp³-hybridized carbons (Fsp3) is 0.500. The van der Waals surface area contributed by atoms with Crippen LogP contribution in [0.25, 0.3) is 21.9 Å². The van der Waals surface area contributed by atoms with Crippen LogP contribution in [0.15, 0.2) is 54.6 Å². The van der Waals surface area contributed by atoms with Gasteiger partial charge in [0.05, 0.1) is 0 Å². The Hall–Kier alpha value is -0.487. The van der Waals surface area contributed by atoms with Crippen molar-refractivity contribution in [2.24, 2.45) is 5.41 Å². The smallest absolute Gasteiger partial charge is 1.00 e. The fourth-order valence-corrected chi connectivity index (χ4v) is 5.96. The summed E-state index contributed by atoms with van der Waals surface area (Å²) in [6.07, 6.45) is 12.5. The molecule has 0 N–H and O–H groups in total. The second-order valence-corrected chi connectivity index (χ2v) is 10.8. The van der Waals surface area contributed by atoms with Crippen LogP contribution >= 0.6 is 0 Å². The Kier molecular flexibility index (Phi) is 12.0. The minimum absolute atomic E-state index is 0. The van der Waals surface area contributed by atoms with E-state index < -0.39 is 0 Å². The quantitative estimate of drug-likeness (QED) is 0.332. The zero-order valence-electron chi connectivity index (χ0n) is 20.8. The molecule has 1 aliphatic rings. The van der Waals surface area contributed by atoms with Crippen LogP contribution in [-0.2, 0) is 38.0 Å². The third-order valence-corrected chi connectivity index (χ3v) is 7.36. The van der Waals surface area contributed by atoms with Crippen molar-refractivity contribution in [3.63, 3.8) is 0 Å². The maximum absolute atomic E-state index is 2.52. The van der Waals surface area contributed by atoms with Crippen molar-refractivity contribution < 1.29 is 51.0 Å². The van der Waals surface area contributed by atoms with Gasteiger partial charge in [0.15, 0.2) is 0 Å². The van der Waals surface area contributed by atoms with Gasteiger partial charge in [-0.3, -0.25) is 0 Å². The predicted octanol–water partition coefficient (Wildman–Crippen LogP) is 3.21. The fourth-order valence-electron chi connectivity index (χ4n) is 5.96. The van der Waals surface area contributed by atoms with Crippen molar-refractivity contribution in [3.05, 3.63) is 65.7 Å². The summed E-state index contributed by atoms with van der Waals surface area (Å²) in [4.78, 5) is 0. The minimum atomic E-state index is 0. The third-order valence-electron chi connectivity index (χ3n) is 7.36. The van der Waals surface area contributed by atoms with E-state index in [0.29, 0.717) is 5.41 Å². The molecule has 0 amide bonds. The average molecular weight is 562 g/mol. The monoisotopic (exact) mass is 559 g/mol. The van der Waals surface area contributed by atoms with Gasteiger partial charge >= 0.3 is 26.2 Å². The molecule has 0 heterocycles. The van der Waals surface area contributed by atoms with Crippen LogP contribution < -0.4 is 24.8 Å². The topological polar surface area (TPSA) is 0 Å². The zero-order chi connectivity index (χ0) is 21.2. The Labute approximate surface area is 233 Å². The van der Waals surface area contributed by atoms with Crippen LogP contribution in [0, 0.1) is 5.41 Å². The summed E-state index contributed by atoms with van der Waals surface area (Å²) in [6.45, 7) is 9.34. The first-order valence-electron chi connectivity index (χ1n) is 12.2. The molecule has 1 radical (unpaired) electrons. The van der Waals surface area contributed by atoms with E-state index in [0.717, 1.165) is 0 Å². The largest absolute Gasteiger partial charge is 3.00 e. The number of halogens is 2. The molecule has 177 valence electrons. The van der Waals surface area contributed by atoms with Gasteiger partial charge < -0.3 is 24.8 Å². The van der Waals surface area contributed by atoms with Crippen LogP contribution in [0.2, 0.25) is 0 Å². The normalized spacial score (nSPS) is 15.6. The van der Waals surface area contributed by atoms with E-state index in [9.17, 15) is 0 Å². The Morgan fingerprint density at radius 2 is 1.48 bits per heavy atom. The summed E-state index contributed by atoms with van der Waals surface area (Å²) in [5.41, 5.74) is 6.45. The maximum Gasteiger partial charge on any atom is 3.00 e. The minimum Gasteiger partial charge on any atom is -1.00 e. The van der Waals surface area contributed by atoms with Gasteiger partial charge in [0.1, 0.15) is 0 Å². The zero-order valence-corrected chi connectivity index (χ0v) is 24.8. The Morgan fingerprint density at radius 3 is 2.12 bits per heavy atom. The summed E-state index contributed by atoms with van der Waals surface area (Å²) in [7, 11) is 0. The first-order chi connectivity index (χ1) is 14.4. The van der Waals surface area contributed by atoms with Crippen molar-refractivity contribution in [3.8, 4) is 11.1 Å². The molecule has 1 saturated carbocycles. The molecular weight excluding hydrogens is 522 g/mol. The van der Waals surface area contributed by atoms with Crippen molar-refractivity contribution >= 4 is 10.8 Å². The number of benzene rings is 2. The van der Waals surface area contributed by atoms with E-state index in [-0.39, 0.29) is 56.4 Å². The second-order valence-electron chi connectivity index (χ2n) is 10.8. The number of hydrogen-bond acceptors (Lipinski definition) is 0. The van der Waals surface area contributed by atoms with Gasteiger partial charge in [0.25, 0.3) is 0 Å². The molecule has 0 aromatic heterocycles. The van der Waals surface area contributed by atoms with Gasteiger partial charge in [-0.05, 0) is 47.6 Å². The number of fused-ring (bicyclic) bond motifs is 1. The van der Waals surface area contributed by atoms with E-state index in [1.54, 1.807) is 5.56 Å². The molecule has 1 fully saturated rings. The third kappa shape index (κ3) is 7.02. The van der Waals surface area contributed by atoms with Crippen LogP contribution in [0.5, 0.6) is 0 Å². The summed E-state index contributed by atoms with van der Waals surface area (Å²) < 4.78 is 0. The van der Waals surface area contributed by atoms with E-state index in [1.165, 1.54) is 85.3 Å². The van der Waals surface area contributed by atoms with Gasteiger partial charge in [0.2, 0.25) is 0 Å². The first kappa shape index (κ1) is 30.5. The standard InChI is InChI=1S/C30H39.2ClH.Zr/c1-5-17-30(18-10-6-7-11-19-30)22-23-20-24-13-12-15-25(27(24)21-23)26-14-8-9-16-28(26)29(2,3)4;;;/h8-9,12-16,20-21H,5-7,10-11,17-19,22H2,1-4H3;2*1H;/q-1;;;+3/p-2. The van der Waals surface area contributed by atoms with Gasteiger partial charge in [0, 0.05) is 0 Å². The molecule has 33 heavy (non-hydrogen) atoms. The van der Waals surface area contributed by atoms with Gasteiger partial charge in [-0.25, -0.2) is 0 Å². The van der Waals surface area contributed by atoms with E-state index >= 15 is 0 Å². The molecule has 3 heteroatoms. The number of hydrogen-bond donors (Lipinski definition) is 0. The maximum atomic E-state index is 2.52. The number of rotatable bonds is 5. The Bertz CT molecular complexity index is 988. The van der Waals surface area contributed by atoms with E-state index in [4.69, 9.17) is 0 Å². The summed E-state index contributed by atoms with van der Waals surface area (Å²) in [5.74, 6) is 0. The summed E-state index contributed by atoms with van der Waals surface area (Å²) >= 11 is 0. The van der Waals surface area contributed by atoms with Crippen molar-refractivity contribution in [1.82, 2.24) is 0 Å². The molecule has 0 bridgehead atoms. The molecule has 0 unspecified atom stereocenters. The van der Waals surface area contributed by atoms with Gasteiger partial charge in [-0.1, -0.05) is 95.7 Å². The molecule has 0 nitrogen and oxygen atoms in total. The molecule has 0 spiro atoms. The SMILES string of the molecule is CCCC1(Cc2cc3c(-c4ccccc4C(C)(C)C)cccc3[cH-]2)CCCCCC1.[Cl-].[Cl-].[Zr+3]. The summed E-state index contributed by atoms with van der Waals surface area (Å²) in [6, 6.07) is 20.9. The second kappa shape index (κ2) is 13.0. The van der Waals surface area contributed by atoms with Crippen LogP contribution in [0.4, 0.5) is 0 Å². The summed E-state index contributed by atoms with van der Waals surface area (Å²) in [5, 5.41) is 2.84. The molecular formula is C30H39Cl2Zr. The molecule has 3 aromatic rings. The predicted molar refractivity (Wildman–Crippen MR) is 132 cm³/mol. The Morgan fingerprint density at radius 1 is 0.848 bits per heavy atom. The molecule has 4 rings (SSSR count). The van der Waals surface area contributed by atoms with Crippen molar-refractivity contribution in [2.45, 2.75) is 90.9 Å². The average Bonchev–Trinajstić information content (AvgIpc) is 2.98. The van der Waals surface area contributed by atoms with Crippen molar-refractivity contribution in [2.75, 3.05) is 0 Å². The van der Waals surface area contributed by atoms with Crippen molar-refractivity contribution in [1.29, 1.82) is 0 Å². The van der Waals surface area contributed by atoms with Gasteiger partial charge in [-0.2, -0.15) is 6.07 Å². The molecule has 0 saturated heterocycles. The van der Waals surface area contributed by atoms with E-state index in [2.05, 4.69) is 82.3 Å². The first-order valence-corrected chi connectivity index (χ1v) is 12.2. The van der Waals surface area contributed by atoms with Crippen LogP contribution in [-0.4, -0.2) is 0 Å².